The van der Waals surface area contributed by atoms with Gasteiger partial charge in [-0.1, -0.05) is 263 Å². The molecule has 0 aliphatic heterocycles. The largest absolute Gasteiger partial charge is 0.207 e. The molecule has 0 amide bonds. The van der Waals surface area contributed by atoms with E-state index in [4.69, 9.17) is 0 Å². The predicted octanol–water partition coefficient (Wildman–Crippen LogP) is 20.3. The fourth-order valence-corrected chi connectivity index (χ4v) is 7.68. The monoisotopic (exact) mass is 833 g/mol. The van der Waals surface area contributed by atoms with Gasteiger partial charge < -0.3 is 0 Å². The molecule has 0 saturated heterocycles. The summed E-state index contributed by atoms with van der Waals surface area (Å²) < 4.78 is 12.6. The highest BCUT2D eigenvalue weighted by Gasteiger charge is 2.15. The van der Waals surface area contributed by atoms with Crippen molar-refractivity contribution >= 4 is 0 Å². The zero-order chi connectivity index (χ0) is 42.8. The van der Waals surface area contributed by atoms with Crippen molar-refractivity contribution in [3.63, 3.8) is 0 Å². The minimum Gasteiger partial charge on any atom is -0.207 e. The van der Waals surface area contributed by atoms with Crippen molar-refractivity contribution in [1.82, 2.24) is 0 Å². The van der Waals surface area contributed by atoms with Crippen LogP contribution >= 0.6 is 0 Å². The first-order chi connectivity index (χ1) is 26.9. The zero-order valence-corrected chi connectivity index (χ0v) is 40.2. The Balaban J connectivity index is -0.000000627. The number of hydrogen-bond acceptors (Lipinski definition) is 0. The van der Waals surface area contributed by atoms with Crippen LogP contribution in [0.15, 0.2) is 66.7 Å². The van der Waals surface area contributed by atoms with Crippen molar-refractivity contribution in [2.45, 2.75) is 222 Å². The van der Waals surface area contributed by atoms with Gasteiger partial charge in [0.25, 0.3) is 0 Å². The molecular weight excluding hydrogens is 728 g/mol. The number of aryl methyl sites for hydroxylation is 6. The number of rotatable bonds is 0. The Morgan fingerprint density at radius 3 is 0.567 bits per heavy atom. The molecule has 3 aromatic rings. The van der Waals surface area contributed by atoms with E-state index in [1.807, 2.05) is 13.0 Å². The molecular formula is C59H105F. The van der Waals surface area contributed by atoms with Gasteiger partial charge in [-0.15, -0.1) is 0 Å². The molecule has 0 aromatic heterocycles. The quantitative estimate of drug-likeness (QED) is 0.212. The lowest BCUT2D eigenvalue weighted by molar-refractivity contribution is 0.308. The first-order valence-electron chi connectivity index (χ1n) is 23.7. The third kappa shape index (κ3) is 33.2. The minimum absolute atomic E-state index is 0. The van der Waals surface area contributed by atoms with Crippen LogP contribution < -0.4 is 0 Å². The second-order valence-corrected chi connectivity index (χ2v) is 20.0. The van der Waals surface area contributed by atoms with Gasteiger partial charge in [0.15, 0.2) is 0 Å². The number of hydrogen-bond donors (Lipinski definition) is 0. The maximum absolute atomic E-state index is 12.6. The van der Waals surface area contributed by atoms with Crippen molar-refractivity contribution in [2.24, 2.45) is 47.3 Å². The van der Waals surface area contributed by atoms with Gasteiger partial charge >= 0.3 is 0 Å². The molecule has 60 heavy (non-hydrogen) atoms. The van der Waals surface area contributed by atoms with Gasteiger partial charge in [-0.3, -0.25) is 0 Å². The van der Waals surface area contributed by atoms with Gasteiger partial charge in [-0.05, 0) is 106 Å². The molecule has 0 spiro atoms. The molecule has 0 radical (unpaired) electrons. The fourth-order valence-electron chi connectivity index (χ4n) is 7.68. The van der Waals surface area contributed by atoms with Gasteiger partial charge in [0.05, 0.1) is 0 Å². The van der Waals surface area contributed by atoms with Crippen molar-refractivity contribution in [3.05, 3.63) is 106 Å². The van der Waals surface area contributed by atoms with Crippen LogP contribution in [0.25, 0.3) is 0 Å². The zero-order valence-electron chi connectivity index (χ0n) is 40.2. The highest BCUT2D eigenvalue weighted by atomic mass is 19.1. The first kappa shape index (κ1) is 61.9. The summed E-state index contributed by atoms with van der Waals surface area (Å²) in [4.78, 5) is 0. The molecule has 0 atom stereocenters. The molecule has 3 aromatic carbocycles. The van der Waals surface area contributed by atoms with Crippen molar-refractivity contribution in [3.8, 4) is 0 Å². The van der Waals surface area contributed by atoms with E-state index in [0.717, 1.165) is 52.9 Å². The average molecular weight is 833 g/mol. The maximum atomic E-state index is 12.6. The van der Waals surface area contributed by atoms with E-state index in [1.165, 1.54) is 131 Å². The Bertz CT molecular complexity index is 1150. The Kier molecular flexibility index (Phi) is 37.2. The molecule has 0 N–H and O–H groups in total. The molecule has 0 heterocycles. The Morgan fingerprint density at radius 2 is 0.433 bits per heavy atom. The van der Waals surface area contributed by atoms with Crippen LogP contribution in [0.3, 0.4) is 0 Å². The fraction of sp³-hybridized carbons (Fsp3) is 0.695. The molecule has 4 fully saturated rings. The third-order valence-electron chi connectivity index (χ3n) is 13.0. The lowest BCUT2D eigenvalue weighted by Gasteiger charge is -2.22. The van der Waals surface area contributed by atoms with Crippen LogP contribution in [0.5, 0.6) is 0 Å². The third-order valence-corrected chi connectivity index (χ3v) is 13.0. The maximum Gasteiger partial charge on any atom is 0.126 e. The van der Waals surface area contributed by atoms with Crippen LogP contribution in [0, 0.1) is 94.7 Å². The molecule has 4 aliphatic carbocycles. The minimum atomic E-state index is -0.116. The summed E-state index contributed by atoms with van der Waals surface area (Å²) in [6.45, 7) is 31.0. The van der Waals surface area contributed by atoms with Gasteiger partial charge in [-0.2, -0.15) is 0 Å². The molecule has 7 rings (SSSR count). The highest BCUT2D eigenvalue weighted by Crippen LogP contribution is 2.29. The second kappa shape index (κ2) is 36.1. The lowest BCUT2D eigenvalue weighted by Crippen LogP contribution is -2.08. The van der Waals surface area contributed by atoms with Crippen LogP contribution in [0.2, 0.25) is 0 Å². The van der Waals surface area contributed by atoms with E-state index in [9.17, 15) is 4.39 Å². The number of benzene rings is 3. The van der Waals surface area contributed by atoms with Crippen molar-refractivity contribution in [1.29, 1.82) is 0 Å². The SMILES string of the molecule is C.C.C.CC1CCC(C)CC1.CC1CCC(C)CC1.CC1CCC(C)CC1.CC1CCC(C)CC1.Cc1ccc(C)c(F)c1.Cc1ccc(C)cc1.Cc1ccc(C)cc1. The van der Waals surface area contributed by atoms with Gasteiger partial charge in [0.1, 0.15) is 5.82 Å². The standard InChI is InChI=1S/C8H9F.4C8H16.2C8H10.3CH4/c1-6-3-4-7(2)8(9)5-6;6*1-7-3-5-8(2)6-4-7;;;/h3-5H,1-2H3;4*7-8H,3-6H2,1-2H3;2*3-6H,1-2H3;3*1H4. The van der Waals surface area contributed by atoms with Crippen LogP contribution in [-0.2, 0) is 0 Å². The summed E-state index contributed by atoms with van der Waals surface area (Å²) in [5.74, 6) is 8.04. The van der Waals surface area contributed by atoms with E-state index in [0.29, 0.717) is 5.56 Å². The molecule has 4 saturated carbocycles. The molecule has 0 bridgehead atoms. The Morgan fingerprint density at radius 1 is 0.283 bits per heavy atom. The summed E-state index contributed by atoms with van der Waals surface area (Å²) in [5.41, 5.74) is 7.00. The average Bonchev–Trinajstić information content (AvgIpc) is 3.19. The van der Waals surface area contributed by atoms with E-state index >= 15 is 0 Å². The van der Waals surface area contributed by atoms with Crippen molar-refractivity contribution in [2.75, 3.05) is 0 Å². The Labute approximate surface area is 378 Å². The molecule has 348 valence electrons. The van der Waals surface area contributed by atoms with Crippen LogP contribution in [-0.4, -0.2) is 0 Å². The van der Waals surface area contributed by atoms with Gasteiger partial charge in [-0.25, -0.2) is 4.39 Å². The molecule has 1 heteroatoms. The van der Waals surface area contributed by atoms with Crippen LogP contribution in [0.1, 0.15) is 214 Å². The lowest BCUT2D eigenvalue weighted by atomic mass is 9.84. The normalized spacial score (nSPS) is 25.1. The summed E-state index contributed by atoms with van der Waals surface area (Å²) in [7, 11) is 0. The van der Waals surface area contributed by atoms with E-state index in [1.54, 1.807) is 13.0 Å². The van der Waals surface area contributed by atoms with Crippen LogP contribution in [0.4, 0.5) is 4.39 Å². The number of halogens is 1. The van der Waals surface area contributed by atoms with Gasteiger partial charge in [0.2, 0.25) is 0 Å². The first-order valence-corrected chi connectivity index (χ1v) is 23.7. The highest BCUT2D eigenvalue weighted by molar-refractivity contribution is 5.22. The van der Waals surface area contributed by atoms with E-state index in [2.05, 4.69) is 132 Å². The molecule has 0 nitrogen and oxygen atoms in total. The summed E-state index contributed by atoms with van der Waals surface area (Å²) in [5, 5.41) is 0. The Hall–Kier alpha value is -2.41. The molecule has 0 unspecified atom stereocenters. The van der Waals surface area contributed by atoms with Crippen molar-refractivity contribution < 1.29 is 4.39 Å². The second-order valence-electron chi connectivity index (χ2n) is 20.0. The summed E-state index contributed by atoms with van der Waals surface area (Å²) >= 11 is 0. The molecule has 4 aliphatic rings. The summed E-state index contributed by atoms with van der Waals surface area (Å²) in [6.07, 6.45) is 23.6. The predicted molar refractivity (Wildman–Crippen MR) is 275 cm³/mol. The van der Waals surface area contributed by atoms with Gasteiger partial charge in [0, 0.05) is 0 Å². The topological polar surface area (TPSA) is 0 Å². The van der Waals surface area contributed by atoms with E-state index in [-0.39, 0.29) is 28.1 Å². The smallest absolute Gasteiger partial charge is 0.126 e. The van der Waals surface area contributed by atoms with E-state index < -0.39 is 0 Å². The summed E-state index contributed by atoms with van der Waals surface area (Å²) in [6, 6.07) is 22.2.